The molecule has 4 heterocycles. The van der Waals surface area contributed by atoms with Crippen LogP contribution >= 0.6 is 23.5 Å². The molecule has 0 radical (unpaired) electrons. The molecule has 500 valence electrons. The fraction of sp³-hybridized carbons (Fsp3) is 0.538. The van der Waals surface area contributed by atoms with Gasteiger partial charge in [-0.1, -0.05) is 13.5 Å². The molecule has 24 nitrogen and oxygen atoms in total. The first kappa shape index (κ1) is 73.3. The normalized spacial score (nSPS) is 15.3. The molecule has 8 rings (SSSR count). The van der Waals surface area contributed by atoms with Gasteiger partial charge in [0, 0.05) is 101 Å². The molecule has 2 N–H and O–H groups in total. The summed E-state index contributed by atoms with van der Waals surface area (Å²) in [6, 6.07) is 18.4. The van der Waals surface area contributed by atoms with Crippen molar-refractivity contribution in [2.75, 3.05) is 168 Å². The van der Waals surface area contributed by atoms with E-state index in [-0.39, 0.29) is 76.1 Å². The minimum atomic E-state index is -0.286. The second-order valence-corrected chi connectivity index (χ2v) is 23.0. The molecule has 4 aromatic carbocycles. The number of anilines is 2. The highest BCUT2D eigenvalue weighted by molar-refractivity contribution is 7.99. The third-order valence-corrected chi connectivity index (χ3v) is 16.9. The van der Waals surface area contributed by atoms with Crippen molar-refractivity contribution in [1.29, 1.82) is 0 Å². The molecule has 0 spiro atoms. The number of aliphatic hydroxyl groups excluding tert-OH is 2. The van der Waals surface area contributed by atoms with Crippen molar-refractivity contribution in [3.8, 4) is 23.0 Å². The molecule has 4 aliphatic rings. The number of esters is 2. The number of benzene rings is 4. The number of carbonyl (C=O) groups excluding carboxylic acids is 4. The average Bonchev–Trinajstić information content (AvgIpc) is 1.87. The largest absolute Gasteiger partial charge is 0.493 e. The summed E-state index contributed by atoms with van der Waals surface area (Å²) in [6.07, 6.45) is 5.41. The molecule has 0 unspecified atom stereocenters. The monoisotopic (exact) mass is 1310 g/mol. The highest BCUT2D eigenvalue weighted by Crippen LogP contribution is 2.41. The van der Waals surface area contributed by atoms with E-state index in [1.165, 1.54) is 14.2 Å². The number of carbonyl (C=O) groups is 4. The van der Waals surface area contributed by atoms with Gasteiger partial charge >= 0.3 is 11.9 Å². The second kappa shape index (κ2) is 39.6. The molecule has 2 fully saturated rings. The van der Waals surface area contributed by atoms with Crippen LogP contribution in [0.15, 0.2) is 70.6 Å². The summed E-state index contributed by atoms with van der Waals surface area (Å²) in [5.41, 5.74) is 6.81. The summed E-state index contributed by atoms with van der Waals surface area (Å²) in [5, 5.41) is 18.9. The van der Waals surface area contributed by atoms with Crippen LogP contribution in [0, 0.1) is 0 Å². The Balaban J connectivity index is 0.000000383. The Morgan fingerprint density at radius 1 is 0.505 bits per heavy atom. The van der Waals surface area contributed by atoms with E-state index in [9.17, 15) is 29.4 Å². The lowest BCUT2D eigenvalue weighted by Crippen LogP contribution is -2.36. The zero-order chi connectivity index (χ0) is 64.0. The van der Waals surface area contributed by atoms with Gasteiger partial charge in [0.05, 0.1) is 154 Å². The van der Waals surface area contributed by atoms with E-state index in [1.54, 1.807) is 82.3 Å². The first-order valence-electron chi connectivity index (χ1n) is 29.9. The maximum absolute atomic E-state index is 13.5. The van der Waals surface area contributed by atoms with E-state index in [4.69, 9.17) is 56.8 Å². The van der Waals surface area contributed by atoms with E-state index in [0.717, 1.165) is 45.1 Å². The van der Waals surface area contributed by atoms with Crippen LogP contribution in [0.3, 0.4) is 0 Å². The number of hydrogen-bond donors (Lipinski definition) is 2. The number of fused-ring (bicyclic) bond motifs is 4. The van der Waals surface area contributed by atoms with Gasteiger partial charge in [0.25, 0.3) is 11.8 Å². The summed E-state index contributed by atoms with van der Waals surface area (Å²) in [7, 11) is 9.11. The summed E-state index contributed by atoms with van der Waals surface area (Å²) in [5.74, 6) is 3.82. The van der Waals surface area contributed by atoms with Gasteiger partial charge < -0.3 is 86.7 Å². The quantitative estimate of drug-likeness (QED) is 0.0325. The Morgan fingerprint density at radius 2 is 0.890 bits per heavy atom. The number of thioether (sulfide) groups is 2. The van der Waals surface area contributed by atoms with Crippen molar-refractivity contribution in [2.24, 2.45) is 9.98 Å². The Bertz CT molecular complexity index is 2870. The van der Waals surface area contributed by atoms with Crippen molar-refractivity contribution in [3.63, 3.8) is 0 Å². The SMILES string of the molecule is C.COCCOCCOCCN(CCCC(=O)OC)c1cc(CO)cc(CO)c1.COCCOCCOCCN(CCCC(=O)OC)c1cc(COc2cc3c(cc2OC)C(=O)N2CSC[C@H]2C=N3)cc(COc2cc3c(cc2OC)C(=O)N2CSC[C@H]2C=N3)c1. The maximum atomic E-state index is 13.5. The number of nitrogens with zero attached hydrogens (tertiary/aromatic N) is 6. The zero-order valence-corrected chi connectivity index (χ0v) is 54.0. The third-order valence-electron chi connectivity index (χ3n) is 14.8. The smallest absolute Gasteiger partial charge is 0.305 e. The number of aliphatic imine (C=N–C) groups is 2. The van der Waals surface area contributed by atoms with Crippen molar-refractivity contribution in [3.05, 3.63) is 94.0 Å². The third kappa shape index (κ3) is 22.2. The maximum Gasteiger partial charge on any atom is 0.305 e. The molecule has 2 atom stereocenters. The molecule has 0 saturated carbocycles. The highest BCUT2D eigenvalue weighted by atomic mass is 32.2. The first-order valence-corrected chi connectivity index (χ1v) is 32.2. The van der Waals surface area contributed by atoms with Crippen LogP contribution in [-0.2, 0) is 73.9 Å². The Kier molecular flexibility index (Phi) is 31.9. The zero-order valence-electron chi connectivity index (χ0n) is 52.4. The van der Waals surface area contributed by atoms with Gasteiger partial charge in [0.2, 0.25) is 0 Å². The lowest BCUT2D eigenvalue weighted by molar-refractivity contribution is -0.141. The molecular weight excluding hydrogens is 1220 g/mol. The van der Waals surface area contributed by atoms with Crippen LogP contribution in [0.4, 0.5) is 22.7 Å². The van der Waals surface area contributed by atoms with Gasteiger partial charge in [-0.15, -0.1) is 23.5 Å². The van der Waals surface area contributed by atoms with E-state index >= 15 is 0 Å². The summed E-state index contributed by atoms with van der Waals surface area (Å²) in [6.45, 7) is 7.19. The molecule has 2 amide bonds. The van der Waals surface area contributed by atoms with E-state index in [1.807, 2.05) is 52.6 Å². The van der Waals surface area contributed by atoms with Crippen molar-refractivity contribution >= 4 is 82.5 Å². The highest BCUT2D eigenvalue weighted by Gasteiger charge is 2.35. The molecule has 0 aromatic heterocycles. The standard InChI is InChI=1S/C44H53N5O11S2.C20H33NO7.CH4/c1-53-10-11-58-13-12-57-9-8-47(7-5-6-42(50)56-4)31-15-29(23-59-40-19-36-34(17-38(40)54-2)43(51)48-27-61-25-32(48)21-45-36)14-30(16-31)24-60-41-20-37-35(18-39(41)55-3)44(52)49-28-62-26-33(49)22-46-37;1-25-8-9-28-11-10-27-7-6-21(5-3-4-20(24)26-2)19-13-17(15-22)12-18(14-19)16-23;/h14-22,32-33H,5-13,23-28H2,1-4H3;12-14,22-23H,3-11,15-16H2,1-2H3;1H4/t32-,33-;;/m1../s1. The molecule has 0 aliphatic carbocycles. The number of hydrogen-bond acceptors (Lipinski definition) is 24. The number of aliphatic hydroxyl groups is 2. The minimum absolute atomic E-state index is 0. The lowest BCUT2D eigenvalue weighted by atomic mass is 10.1. The predicted octanol–water partition coefficient (Wildman–Crippen LogP) is 7.51. The number of rotatable bonds is 38. The number of ether oxygens (including phenoxy) is 12. The predicted molar refractivity (Wildman–Crippen MR) is 351 cm³/mol. The summed E-state index contributed by atoms with van der Waals surface area (Å²) < 4.78 is 66.5. The molecular formula is C65H90N6O18S2. The Labute approximate surface area is 542 Å². The second-order valence-electron chi connectivity index (χ2n) is 21.0. The van der Waals surface area contributed by atoms with E-state index in [2.05, 4.69) is 19.8 Å². The molecule has 91 heavy (non-hydrogen) atoms. The van der Waals surface area contributed by atoms with Gasteiger partial charge in [-0.2, -0.15) is 0 Å². The van der Waals surface area contributed by atoms with Crippen molar-refractivity contribution in [1.82, 2.24) is 9.80 Å². The van der Waals surface area contributed by atoms with Crippen LogP contribution in [-0.4, -0.2) is 226 Å². The topological polar surface area (TPSA) is 257 Å². The van der Waals surface area contributed by atoms with Gasteiger partial charge in [-0.3, -0.25) is 29.2 Å². The van der Waals surface area contributed by atoms with Crippen LogP contribution in [0.25, 0.3) is 0 Å². The number of methoxy groups -OCH3 is 6. The average molecular weight is 1310 g/mol. The molecule has 2 saturated heterocycles. The molecule has 0 bridgehead atoms. The van der Waals surface area contributed by atoms with E-state index < -0.39 is 0 Å². The van der Waals surface area contributed by atoms with Gasteiger partial charge in [0.1, 0.15) is 13.2 Å². The Morgan fingerprint density at radius 3 is 1.27 bits per heavy atom. The van der Waals surface area contributed by atoms with Crippen LogP contribution in [0.1, 0.15) is 76.1 Å². The van der Waals surface area contributed by atoms with Crippen LogP contribution in [0.5, 0.6) is 23.0 Å². The summed E-state index contributed by atoms with van der Waals surface area (Å²) >= 11 is 3.40. The molecule has 4 aromatic rings. The molecule has 4 aliphatic heterocycles. The van der Waals surface area contributed by atoms with Gasteiger partial charge in [0.15, 0.2) is 23.0 Å². The lowest BCUT2D eigenvalue weighted by Gasteiger charge is -2.26. The fourth-order valence-corrected chi connectivity index (χ4v) is 12.2. The summed E-state index contributed by atoms with van der Waals surface area (Å²) in [4.78, 5) is 67.8. The van der Waals surface area contributed by atoms with E-state index in [0.29, 0.717) is 169 Å². The first-order chi connectivity index (χ1) is 43.9. The minimum Gasteiger partial charge on any atom is -0.493 e. The van der Waals surface area contributed by atoms with Crippen LogP contribution in [0.2, 0.25) is 0 Å². The van der Waals surface area contributed by atoms with Crippen molar-refractivity contribution < 1.29 is 86.2 Å². The fourth-order valence-electron chi connectivity index (χ4n) is 10.00. The van der Waals surface area contributed by atoms with Crippen LogP contribution < -0.4 is 28.7 Å². The van der Waals surface area contributed by atoms with Crippen molar-refractivity contribution in [2.45, 2.75) is 71.6 Å². The van der Waals surface area contributed by atoms with Gasteiger partial charge in [-0.05, 0) is 77.6 Å². The van der Waals surface area contributed by atoms with Gasteiger partial charge in [-0.25, -0.2) is 0 Å². The Hall–Kier alpha value is -6.72. The molecule has 26 heteroatoms. The number of amides is 2.